The Hall–Kier alpha value is -3.91. The minimum Gasteiger partial charge on any atom is -0.480 e. The van der Waals surface area contributed by atoms with Crippen LogP contribution in [-0.2, 0) is 10.0 Å². The molecule has 0 amide bonds. The number of aromatic nitrogens is 2. The zero-order chi connectivity index (χ0) is 21.7. The Bertz CT molecular complexity index is 1240. The van der Waals surface area contributed by atoms with Crippen molar-refractivity contribution in [2.45, 2.75) is 4.90 Å². The number of para-hydroxylation sites is 1. The van der Waals surface area contributed by atoms with Gasteiger partial charge in [-0.15, -0.1) is 10.2 Å². The standard InChI is InChI=1S/C23H19N3O4S/c1-29-23-16-15-22(24-25-23)17-7-9-18(10-8-17)26-31(27,28)21-13-11-20(12-14-21)30-19-5-3-2-4-6-19/h2-16,26H,1H3. The van der Waals surface area contributed by atoms with Crippen LogP contribution in [0.15, 0.2) is 95.9 Å². The second-order valence-corrected chi connectivity index (χ2v) is 8.21. The van der Waals surface area contributed by atoms with E-state index in [1.54, 1.807) is 48.5 Å². The predicted octanol–water partition coefficient (Wildman–Crippen LogP) is 4.75. The van der Waals surface area contributed by atoms with Crippen LogP contribution < -0.4 is 14.2 Å². The van der Waals surface area contributed by atoms with Gasteiger partial charge in [0.2, 0.25) is 5.88 Å². The molecule has 4 aromatic rings. The largest absolute Gasteiger partial charge is 0.480 e. The van der Waals surface area contributed by atoms with Gasteiger partial charge < -0.3 is 9.47 Å². The summed E-state index contributed by atoms with van der Waals surface area (Å²) in [6, 6.07) is 25.9. The number of anilines is 1. The van der Waals surface area contributed by atoms with Gasteiger partial charge in [-0.3, -0.25) is 4.72 Å². The number of benzene rings is 3. The Morgan fingerprint density at radius 2 is 1.42 bits per heavy atom. The molecule has 0 atom stereocenters. The van der Waals surface area contributed by atoms with Crippen molar-refractivity contribution >= 4 is 15.7 Å². The SMILES string of the molecule is COc1ccc(-c2ccc(NS(=O)(=O)c3ccc(Oc4ccccc4)cc3)cc2)nn1. The van der Waals surface area contributed by atoms with Gasteiger partial charge in [0, 0.05) is 17.3 Å². The number of nitrogens with zero attached hydrogens (tertiary/aromatic N) is 2. The number of ether oxygens (including phenoxy) is 2. The van der Waals surface area contributed by atoms with Gasteiger partial charge in [-0.1, -0.05) is 30.3 Å². The Morgan fingerprint density at radius 1 is 0.742 bits per heavy atom. The van der Waals surface area contributed by atoms with Crippen molar-refractivity contribution in [1.82, 2.24) is 10.2 Å². The lowest BCUT2D eigenvalue weighted by atomic mass is 10.1. The first-order valence-electron chi connectivity index (χ1n) is 9.37. The van der Waals surface area contributed by atoms with Gasteiger partial charge >= 0.3 is 0 Å². The summed E-state index contributed by atoms with van der Waals surface area (Å²) >= 11 is 0. The minimum atomic E-state index is -3.74. The molecule has 7 nitrogen and oxygen atoms in total. The van der Waals surface area contributed by atoms with Crippen LogP contribution in [0.5, 0.6) is 17.4 Å². The van der Waals surface area contributed by atoms with Crippen molar-refractivity contribution in [3.8, 4) is 28.6 Å². The highest BCUT2D eigenvalue weighted by atomic mass is 32.2. The van der Waals surface area contributed by atoms with E-state index in [1.165, 1.54) is 19.2 Å². The average molecular weight is 433 g/mol. The van der Waals surface area contributed by atoms with Gasteiger partial charge in [0.15, 0.2) is 0 Å². The van der Waals surface area contributed by atoms with Crippen LogP contribution in [0, 0.1) is 0 Å². The minimum absolute atomic E-state index is 0.137. The molecule has 1 heterocycles. The van der Waals surface area contributed by atoms with Crippen LogP contribution in [0.2, 0.25) is 0 Å². The molecule has 1 N–H and O–H groups in total. The molecular formula is C23H19N3O4S. The smallest absolute Gasteiger partial charge is 0.261 e. The van der Waals surface area contributed by atoms with Gasteiger partial charge in [0.1, 0.15) is 11.5 Å². The van der Waals surface area contributed by atoms with Crippen molar-refractivity contribution in [2.24, 2.45) is 0 Å². The molecule has 31 heavy (non-hydrogen) atoms. The van der Waals surface area contributed by atoms with Crippen molar-refractivity contribution in [3.63, 3.8) is 0 Å². The van der Waals surface area contributed by atoms with Gasteiger partial charge in [0.05, 0.1) is 17.7 Å². The summed E-state index contributed by atoms with van der Waals surface area (Å²) in [5.41, 5.74) is 1.90. The second-order valence-electron chi connectivity index (χ2n) is 6.53. The lowest BCUT2D eigenvalue weighted by Gasteiger charge is -2.10. The highest BCUT2D eigenvalue weighted by molar-refractivity contribution is 7.92. The third kappa shape index (κ3) is 4.99. The van der Waals surface area contributed by atoms with Crippen LogP contribution in [0.4, 0.5) is 5.69 Å². The average Bonchev–Trinajstić information content (AvgIpc) is 2.80. The molecule has 4 rings (SSSR count). The summed E-state index contributed by atoms with van der Waals surface area (Å²) in [5.74, 6) is 1.65. The van der Waals surface area contributed by atoms with Gasteiger partial charge in [-0.25, -0.2) is 8.42 Å². The normalized spacial score (nSPS) is 11.0. The van der Waals surface area contributed by atoms with Gasteiger partial charge in [-0.05, 0) is 54.6 Å². The molecule has 0 radical (unpaired) electrons. The molecule has 0 bridgehead atoms. The molecule has 0 saturated carbocycles. The zero-order valence-corrected chi connectivity index (χ0v) is 17.4. The van der Waals surface area contributed by atoms with E-state index in [4.69, 9.17) is 9.47 Å². The molecule has 3 aromatic carbocycles. The summed E-state index contributed by atoms with van der Waals surface area (Å²) in [5, 5.41) is 8.02. The number of hydrogen-bond acceptors (Lipinski definition) is 6. The Labute approximate surface area is 180 Å². The second kappa shape index (κ2) is 8.85. The first-order chi connectivity index (χ1) is 15.0. The molecule has 156 valence electrons. The Kier molecular flexibility index (Phi) is 5.81. The van der Waals surface area contributed by atoms with Crippen LogP contribution in [0.25, 0.3) is 11.3 Å². The fourth-order valence-electron chi connectivity index (χ4n) is 2.82. The van der Waals surface area contributed by atoms with Crippen LogP contribution in [-0.4, -0.2) is 25.7 Å². The lowest BCUT2D eigenvalue weighted by Crippen LogP contribution is -2.12. The van der Waals surface area contributed by atoms with E-state index in [-0.39, 0.29) is 4.90 Å². The fraction of sp³-hybridized carbons (Fsp3) is 0.0435. The van der Waals surface area contributed by atoms with Gasteiger partial charge in [0.25, 0.3) is 10.0 Å². The molecule has 0 unspecified atom stereocenters. The van der Waals surface area contributed by atoms with Crippen molar-refractivity contribution in [1.29, 1.82) is 0 Å². The van der Waals surface area contributed by atoms with Crippen LogP contribution in [0.1, 0.15) is 0 Å². The maximum atomic E-state index is 12.7. The first-order valence-corrected chi connectivity index (χ1v) is 10.9. The molecule has 0 saturated heterocycles. The molecule has 0 aliphatic carbocycles. The molecule has 0 aliphatic rings. The molecule has 1 aromatic heterocycles. The molecule has 0 fully saturated rings. The first kappa shape index (κ1) is 20.4. The quantitative estimate of drug-likeness (QED) is 0.453. The van der Waals surface area contributed by atoms with E-state index in [0.29, 0.717) is 28.8 Å². The molecule has 0 spiro atoms. The molecular weight excluding hydrogens is 414 g/mol. The summed E-state index contributed by atoms with van der Waals surface area (Å²) < 4.78 is 38.7. The van der Waals surface area contributed by atoms with Crippen molar-refractivity contribution < 1.29 is 17.9 Å². The Morgan fingerprint density at radius 3 is 2.03 bits per heavy atom. The summed E-state index contributed by atoms with van der Waals surface area (Å²) in [7, 11) is -2.22. The number of rotatable bonds is 7. The number of methoxy groups -OCH3 is 1. The monoisotopic (exact) mass is 433 g/mol. The maximum Gasteiger partial charge on any atom is 0.261 e. The van der Waals surface area contributed by atoms with E-state index in [9.17, 15) is 8.42 Å². The van der Waals surface area contributed by atoms with E-state index in [1.807, 2.05) is 30.3 Å². The van der Waals surface area contributed by atoms with E-state index in [2.05, 4.69) is 14.9 Å². The van der Waals surface area contributed by atoms with E-state index >= 15 is 0 Å². The van der Waals surface area contributed by atoms with E-state index in [0.717, 1.165) is 5.56 Å². The number of hydrogen-bond donors (Lipinski definition) is 1. The predicted molar refractivity (Wildman–Crippen MR) is 118 cm³/mol. The maximum absolute atomic E-state index is 12.7. The topological polar surface area (TPSA) is 90.4 Å². The summed E-state index contributed by atoms with van der Waals surface area (Å²) in [6.07, 6.45) is 0. The van der Waals surface area contributed by atoms with Crippen molar-refractivity contribution in [2.75, 3.05) is 11.8 Å². The van der Waals surface area contributed by atoms with E-state index < -0.39 is 10.0 Å². The Balaban J connectivity index is 1.45. The zero-order valence-electron chi connectivity index (χ0n) is 16.6. The lowest BCUT2D eigenvalue weighted by molar-refractivity contribution is 0.392. The fourth-order valence-corrected chi connectivity index (χ4v) is 3.88. The highest BCUT2D eigenvalue weighted by Crippen LogP contribution is 2.25. The van der Waals surface area contributed by atoms with Gasteiger partial charge in [-0.2, -0.15) is 0 Å². The third-order valence-electron chi connectivity index (χ3n) is 4.40. The summed E-state index contributed by atoms with van der Waals surface area (Å²) in [6.45, 7) is 0. The van der Waals surface area contributed by atoms with Crippen LogP contribution >= 0.6 is 0 Å². The molecule has 0 aliphatic heterocycles. The number of sulfonamides is 1. The third-order valence-corrected chi connectivity index (χ3v) is 5.79. The van der Waals surface area contributed by atoms with Crippen molar-refractivity contribution in [3.05, 3.63) is 91.0 Å². The highest BCUT2D eigenvalue weighted by Gasteiger charge is 2.14. The number of nitrogens with one attached hydrogen (secondary N) is 1. The summed E-state index contributed by atoms with van der Waals surface area (Å²) in [4.78, 5) is 0.137. The molecule has 8 heteroatoms. The van der Waals surface area contributed by atoms with Crippen LogP contribution in [0.3, 0.4) is 0 Å².